The van der Waals surface area contributed by atoms with Crippen LogP contribution in [0.25, 0.3) is 0 Å². The lowest BCUT2D eigenvalue weighted by Crippen LogP contribution is -2.47. The van der Waals surface area contributed by atoms with Crippen LogP contribution in [0.3, 0.4) is 0 Å². The third-order valence-electron chi connectivity index (χ3n) is 5.54. The van der Waals surface area contributed by atoms with E-state index < -0.39 is 22.0 Å². The molecule has 8 heteroatoms. The Hall–Kier alpha value is -2.87. The van der Waals surface area contributed by atoms with E-state index in [1.807, 2.05) is 33.8 Å². The number of hydrogen-bond donors (Lipinski definition) is 1. The average Bonchev–Trinajstić information content (AvgIpc) is 2.74. The van der Waals surface area contributed by atoms with Gasteiger partial charge in [-0.05, 0) is 69.5 Å². The molecule has 2 aromatic carbocycles. The van der Waals surface area contributed by atoms with Crippen molar-refractivity contribution in [2.45, 2.75) is 47.1 Å². The SMILES string of the molecule is CC[C@H](C(=O)Nc1ccccc1C(=O)N(CC)CC)N(c1ccc(C)c(C)c1)S(C)(=O)=O. The smallest absolute Gasteiger partial charge is 0.255 e. The van der Waals surface area contributed by atoms with Gasteiger partial charge < -0.3 is 10.2 Å². The minimum atomic E-state index is -3.75. The molecule has 2 amide bonds. The molecule has 174 valence electrons. The van der Waals surface area contributed by atoms with E-state index in [9.17, 15) is 18.0 Å². The number of amides is 2. The highest BCUT2D eigenvalue weighted by Gasteiger charge is 2.32. The zero-order valence-electron chi connectivity index (χ0n) is 19.7. The van der Waals surface area contributed by atoms with E-state index in [2.05, 4.69) is 5.32 Å². The molecule has 0 radical (unpaired) electrons. The van der Waals surface area contributed by atoms with Crippen molar-refractivity contribution in [2.75, 3.05) is 29.0 Å². The van der Waals surface area contributed by atoms with E-state index in [0.29, 0.717) is 30.0 Å². The number of anilines is 2. The van der Waals surface area contributed by atoms with Crippen LogP contribution in [0.15, 0.2) is 42.5 Å². The summed E-state index contributed by atoms with van der Waals surface area (Å²) >= 11 is 0. The molecule has 0 fully saturated rings. The summed E-state index contributed by atoms with van der Waals surface area (Å²) in [5.41, 5.74) is 3.13. The molecule has 0 aliphatic heterocycles. The molecule has 0 aliphatic rings. The van der Waals surface area contributed by atoms with Crippen molar-refractivity contribution in [1.29, 1.82) is 0 Å². The number of para-hydroxylation sites is 1. The van der Waals surface area contributed by atoms with Gasteiger partial charge in [0.25, 0.3) is 5.91 Å². The molecular weight excluding hydrogens is 426 g/mol. The summed E-state index contributed by atoms with van der Waals surface area (Å²) in [5.74, 6) is -0.677. The fourth-order valence-corrected chi connectivity index (χ4v) is 4.80. The second-order valence-corrected chi connectivity index (χ2v) is 9.62. The highest BCUT2D eigenvalue weighted by molar-refractivity contribution is 7.92. The molecule has 0 unspecified atom stereocenters. The third kappa shape index (κ3) is 5.68. The maximum Gasteiger partial charge on any atom is 0.255 e. The first-order valence-corrected chi connectivity index (χ1v) is 12.7. The van der Waals surface area contributed by atoms with Gasteiger partial charge in [-0.2, -0.15) is 0 Å². The molecule has 1 N–H and O–H groups in total. The number of hydrogen-bond acceptors (Lipinski definition) is 4. The molecule has 2 aromatic rings. The average molecular weight is 460 g/mol. The van der Waals surface area contributed by atoms with Gasteiger partial charge in [0.2, 0.25) is 15.9 Å². The van der Waals surface area contributed by atoms with Gasteiger partial charge in [-0.25, -0.2) is 8.42 Å². The Kier molecular flexibility index (Phi) is 8.44. The van der Waals surface area contributed by atoms with Crippen molar-refractivity contribution >= 4 is 33.2 Å². The van der Waals surface area contributed by atoms with Gasteiger partial charge in [0.05, 0.1) is 23.2 Å². The maximum absolute atomic E-state index is 13.3. The molecule has 0 bridgehead atoms. The molecule has 7 nitrogen and oxygen atoms in total. The topological polar surface area (TPSA) is 86.8 Å². The second kappa shape index (κ2) is 10.6. The molecule has 0 heterocycles. The van der Waals surface area contributed by atoms with Crippen molar-refractivity contribution in [1.82, 2.24) is 4.90 Å². The largest absolute Gasteiger partial charge is 0.339 e. The van der Waals surface area contributed by atoms with Gasteiger partial charge in [0, 0.05) is 13.1 Å². The summed E-state index contributed by atoms with van der Waals surface area (Å²) in [4.78, 5) is 27.9. The Balaban J connectivity index is 2.44. The van der Waals surface area contributed by atoms with Gasteiger partial charge in [-0.15, -0.1) is 0 Å². The van der Waals surface area contributed by atoms with Crippen molar-refractivity contribution in [3.63, 3.8) is 0 Å². The van der Waals surface area contributed by atoms with Crippen LogP contribution in [-0.4, -0.2) is 50.5 Å². The summed E-state index contributed by atoms with van der Waals surface area (Å²) in [6.45, 7) is 10.5. The lowest BCUT2D eigenvalue weighted by molar-refractivity contribution is -0.117. The molecule has 0 aliphatic carbocycles. The van der Waals surface area contributed by atoms with E-state index in [1.54, 1.807) is 48.2 Å². The molecule has 0 spiro atoms. The van der Waals surface area contributed by atoms with E-state index in [-0.39, 0.29) is 12.3 Å². The minimum Gasteiger partial charge on any atom is -0.339 e. The van der Waals surface area contributed by atoms with Crippen LogP contribution in [0.1, 0.15) is 48.7 Å². The number of carbonyl (C=O) groups is 2. The highest BCUT2D eigenvalue weighted by atomic mass is 32.2. The number of sulfonamides is 1. The predicted molar refractivity (Wildman–Crippen MR) is 130 cm³/mol. The first-order chi connectivity index (χ1) is 15.0. The molecular formula is C24H33N3O4S. The highest BCUT2D eigenvalue weighted by Crippen LogP contribution is 2.26. The van der Waals surface area contributed by atoms with Gasteiger partial charge in [-0.1, -0.05) is 25.1 Å². The Labute approximate surface area is 191 Å². The molecule has 1 atom stereocenters. The summed E-state index contributed by atoms with van der Waals surface area (Å²) in [7, 11) is -3.75. The summed E-state index contributed by atoms with van der Waals surface area (Å²) in [6, 6.07) is 11.1. The van der Waals surface area contributed by atoms with Crippen LogP contribution < -0.4 is 9.62 Å². The number of aryl methyl sites for hydroxylation is 2. The summed E-state index contributed by atoms with van der Waals surface area (Å²) in [5, 5.41) is 2.80. The summed E-state index contributed by atoms with van der Waals surface area (Å²) < 4.78 is 26.6. The molecule has 0 saturated carbocycles. The van der Waals surface area contributed by atoms with Gasteiger partial charge in [0.15, 0.2) is 0 Å². The van der Waals surface area contributed by atoms with Crippen LogP contribution in [0, 0.1) is 13.8 Å². The Morgan fingerprint density at radius 2 is 1.59 bits per heavy atom. The molecule has 32 heavy (non-hydrogen) atoms. The van der Waals surface area contributed by atoms with Crippen LogP contribution in [-0.2, 0) is 14.8 Å². The van der Waals surface area contributed by atoms with Gasteiger partial charge in [0.1, 0.15) is 6.04 Å². The third-order valence-corrected chi connectivity index (χ3v) is 6.72. The van der Waals surface area contributed by atoms with Crippen molar-refractivity contribution in [3.8, 4) is 0 Å². The normalized spacial score (nSPS) is 12.2. The zero-order chi connectivity index (χ0) is 24.1. The Morgan fingerprint density at radius 1 is 0.969 bits per heavy atom. The fraction of sp³-hybridized carbons (Fsp3) is 0.417. The monoisotopic (exact) mass is 459 g/mol. The van der Waals surface area contributed by atoms with Crippen LogP contribution >= 0.6 is 0 Å². The van der Waals surface area contributed by atoms with Crippen molar-refractivity contribution in [3.05, 3.63) is 59.2 Å². The lowest BCUT2D eigenvalue weighted by atomic mass is 10.1. The Morgan fingerprint density at radius 3 is 2.12 bits per heavy atom. The minimum absolute atomic E-state index is 0.187. The summed E-state index contributed by atoms with van der Waals surface area (Å²) in [6.07, 6.45) is 1.36. The van der Waals surface area contributed by atoms with Crippen LogP contribution in [0.2, 0.25) is 0 Å². The first kappa shape index (κ1) is 25.4. The van der Waals surface area contributed by atoms with Gasteiger partial charge in [-0.3, -0.25) is 13.9 Å². The van der Waals surface area contributed by atoms with Crippen LogP contribution in [0.5, 0.6) is 0 Å². The molecule has 0 saturated heterocycles. The van der Waals surface area contributed by atoms with Crippen molar-refractivity contribution in [2.24, 2.45) is 0 Å². The number of carbonyl (C=O) groups excluding carboxylic acids is 2. The van der Waals surface area contributed by atoms with E-state index >= 15 is 0 Å². The van der Waals surface area contributed by atoms with Gasteiger partial charge >= 0.3 is 0 Å². The standard InChI is InChI=1S/C24H33N3O4S/c1-7-22(27(32(6,30)31)19-15-14-17(4)18(5)16-19)23(28)25-21-13-11-10-12-20(21)24(29)26(8-2)9-3/h10-16,22H,7-9H2,1-6H3,(H,25,28)/t22-/m1/s1. The quantitative estimate of drug-likeness (QED) is 0.615. The zero-order valence-corrected chi connectivity index (χ0v) is 20.5. The predicted octanol–water partition coefficient (Wildman–Crippen LogP) is 3.97. The Bertz CT molecular complexity index is 1080. The number of benzene rings is 2. The molecule has 0 aromatic heterocycles. The number of nitrogens with zero attached hydrogens (tertiary/aromatic N) is 2. The van der Waals surface area contributed by atoms with E-state index in [1.165, 1.54) is 0 Å². The number of nitrogens with one attached hydrogen (secondary N) is 1. The lowest BCUT2D eigenvalue weighted by Gasteiger charge is -2.31. The van der Waals surface area contributed by atoms with E-state index in [4.69, 9.17) is 0 Å². The number of rotatable bonds is 9. The molecule has 2 rings (SSSR count). The fourth-order valence-electron chi connectivity index (χ4n) is 3.60. The maximum atomic E-state index is 13.3. The van der Waals surface area contributed by atoms with E-state index in [0.717, 1.165) is 21.7 Å². The second-order valence-electron chi connectivity index (χ2n) is 7.76. The van der Waals surface area contributed by atoms with Crippen molar-refractivity contribution < 1.29 is 18.0 Å². The first-order valence-electron chi connectivity index (χ1n) is 10.8. The van der Waals surface area contributed by atoms with Crippen LogP contribution in [0.4, 0.5) is 11.4 Å².